The molecule has 0 amide bonds. The second kappa shape index (κ2) is 24.4. The Morgan fingerprint density at radius 3 is 1.50 bits per heavy atom. The van der Waals surface area contributed by atoms with Crippen molar-refractivity contribution >= 4 is 5.97 Å². The van der Waals surface area contributed by atoms with Crippen molar-refractivity contribution in [1.29, 1.82) is 0 Å². The van der Waals surface area contributed by atoms with E-state index in [9.17, 15) is 4.79 Å². The number of hydrogen-bond donors (Lipinski definition) is 0. The lowest BCUT2D eigenvalue weighted by atomic mass is 10.0. The van der Waals surface area contributed by atoms with E-state index in [1.54, 1.807) is 7.11 Å². The van der Waals surface area contributed by atoms with E-state index in [2.05, 4.69) is 6.92 Å². The van der Waals surface area contributed by atoms with E-state index in [0.717, 1.165) is 12.8 Å². The molecule has 0 rings (SSSR count). The Morgan fingerprint density at radius 1 is 0.571 bits per heavy atom. The van der Waals surface area contributed by atoms with Crippen molar-refractivity contribution < 1.29 is 23.7 Å². The number of carbonyl (C=O) groups is 1. The van der Waals surface area contributed by atoms with Crippen LogP contribution in [-0.4, -0.2) is 52.7 Å². The van der Waals surface area contributed by atoms with Crippen molar-refractivity contribution in [3.8, 4) is 0 Å². The van der Waals surface area contributed by atoms with Crippen LogP contribution in [0.4, 0.5) is 0 Å². The van der Waals surface area contributed by atoms with E-state index in [1.165, 1.54) is 70.6 Å². The number of rotatable bonds is 23. The molecule has 0 heterocycles. The van der Waals surface area contributed by atoms with Crippen molar-refractivity contribution in [2.24, 2.45) is 0 Å². The number of esters is 1. The van der Waals surface area contributed by atoms with Gasteiger partial charge in [-0.15, -0.1) is 0 Å². The molecule has 0 saturated carbocycles. The van der Waals surface area contributed by atoms with Gasteiger partial charge in [-0.05, 0) is 6.42 Å². The van der Waals surface area contributed by atoms with E-state index in [-0.39, 0.29) is 5.97 Å². The molecule has 0 radical (unpaired) electrons. The SMILES string of the molecule is CCCCCCCCCCCCCCCC(=O)OCCOCCOCCOC. The average Bonchev–Trinajstić information content (AvgIpc) is 2.70. The van der Waals surface area contributed by atoms with Gasteiger partial charge in [-0.3, -0.25) is 4.79 Å². The first-order valence-corrected chi connectivity index (χ1v) is 11.6. The van der Waals surface area contributed by atoms with Crippen LogP contribution in [0.5, 0.6) is 0 Å². The lowest BCUT2D eigenvalue weighted by molar-refractivity contribution is -0.145. The van der Waals surface area contributed by atoms with Crippen molar-refractivity contribution in [1.82, 2.24) is 0 Å². The van der Waals surface area contributed by atoms with E-state index in [1.807, 2.05) is 0 Å². The Kier molecular flexibility index (Phi) is 23.8. The van der Waals surface area contributed by atoms with E-state index in [4.69, 9.17) is 18.9 Å². The average molecular weight is 403 g/mol. The maximum Gasteiger partial charge on any atom is 0.305 e. The molecule has 0 aliphatic heterocycles. The van der Waals surface area contributed by atoms with Gasteiger partial charge < -0.3 is 18.9 Å². The highest BCUT2D eigenvalue weighted by atomic mass is 16.6. The van der Waals surface area contributed by atoms with Gasteiger partial charge in [0.2, 0.25) is 0 Å². The molecular weight excluding hydrogens is 356 g/mol. The highest BCUT2D eigenvalue weighted by Gasteiger charge is 2.02. The third kappa shape index (κ3) is 23.4. The molecule has 0 aliphatic carbocycles. The highest BCUT2D eigenvalue weighted by molar-refractivity contribution is 5.69. The molecule has 0 saturated heterocycles. The molecule has 0 N–H and O–H groups in total. The quantitative estimate of drug-likeness (QED) is 0.162. The molecule has 0 spiro atoms. The van der Waals surface area contributed by atoms with Crippen LogP contribution >= 0.6 is 0 Å². The Bertz CT molecular complexity index is 309. The van der Waals surface area contributed by atoms with Crippen molar-refractivity contribution in [2.45, 2.75) is 96.8 Å². The molecule has 0 aliphatic rings. The van der Waals surface area contributed by atoms with Crippen LogP contribution in [0.15, 0.2) is 0 Å². The minimum absolute atomic E-state index is 0.108. The maximum atomic E-state index is 11.6. The summed E-state index contributed by atoms with van der Waals surface area (Å²) in [7, 11) is 1.65. The maximum absolute atomic E-state index is 11.6. The third-order valence-electron chi connectivity index (χ3n) is 4.78. The number of ether oxygens (including phenoxy) is 4. The summed E-state index contributed by atoms with van der Waals surface area (Å²) in [6, 6.07) is 0. The topological polar surface area (TPSA) is 54.0 Å². The zero-order valence-electron chi connectivity index (χ0n) is 18.7. The molecule has 5 nitrogen and oxygen atoms in total. The molecule has 0 bridgehead atoms. The largest absolute Gasteiger partial charge is 0.463 e. The molecule has 0 aromatic heterocycles. The van der Waals surface area contributed by atoms with Gasteiger partial charge in [-0.1, -0.05) is 84.0 Å². The summed E-state index contributed by atoms with van der Waals surface area (Å²) in [4.78, 5) is 11.6. The smallest absolute Gasteiger partial charge is 0.305 e. The highest BCUT2D eigenvalue weighted by Crippen LogP contribution is 2.13. The summed E-state index contributed by atoms with van der Waals surface area (Å²) in [5, 5.41) is 0. The van der Waals surface area contributed by atoms with Gasteiger partial charge in [0.05, 0.1) is 33.0 Å². The van der Waals surface area contributed by atoms with Gasteiger partial charge in [0.15, 0.2) is 0 Å². The fraction of sp³-hybridized carbons (Fsp3) is 0.957. The summed E-state index contributed by atoms with van der Waals surface area (Å²) in [5.41, 5.74) is 0. The Labute approximate surface area is 173 Å². The fourth-order valence-electron chi connectivity index (χ4n) is 3.04. The molecule has 0 aromatic rings. The first-order valence-electron chi connectivity index (χ1n) is 11.6. The monoisotopic (exact) mass is 402 g/mol. The lowest BCUT2D eigenvalue weighted by Crippen LogP contribution is -2.13. The second-order valence-electron chi connectivity index (χ2n) is 7.43. The van der Waals surface area contributed by atoms with Gasteiger partial charge in [-0.25, -0.2) is 0 Å². The van der Waals surface area contributed by atoms with Gasteiger partial charge in [0, 0.05) is 13.5 Å². The molecule has 0 aromatic carbocycles. The second-order valence-corrected chi connectivity index (χ2v) is 7.43. The van der Waals surface area contributed by atoms with Crippen LogP contribution in [0.25, 0.3) is 0 Å². The zero-order chi connectivity index (χ0) is 20.5. The van der Waals surface area contributed by atoms with E-state index < -0.39 is 0 Å². The van der Waals surface area contributed by atoms with Crippen LogP contribution in [0.1, 0.15) is 96.8 Å². The summed E-state index contributed by atoms with van der Waals surface area (Å²) in [5.74, 6) is -0.108. The van der Waals surface area contributed by atoms with Crippen LogP contribution in [0.3, 0.4) is 0 Å². The standard InChI is InChI=1S/C23H46O5/c1-3-4-5-6-7-8-9-10-11-12-13-14-15-16-23(24)28-22-21-27-20-19-26-18-17-25-2/h3-22H2,1-2H3. The number of hydrogen-bond acceptors (Lipinski definition) is 5. The van der Waals surface area contributed by atoms with Crippen LogP contribution in [0, 0.1) is 0 Å². The minimum atomic E-state index is -0.108. The van der Waals surface area contributed by atoms with Gasteiger partial charge in [0.25, 0.3) is 0 Å². The Balaban J connectivity index is 3.13. The molecule has 28 heavy (non-hydrogen) atoms. The number of methoxy groups -OCH3 is 1. The van der Waals surface area contributed by atoms with E-state index in [0.29, 0.717) is 46.1 Å². The van der Waals surface area contributed by atoms with Crippen molar-refractivity contribution in [2.75, 3.05) is 46.8 Å². The normalized spacial score (nSPS) is 11.1. The van der Waals surface area contributed by atoms with Gasteiger partial charge >= 0.3 is 5.97 Å². The third-order valence-corrected chi connectivity index (χ3v) is 4.78. The molecule has 0 fully saturated rings. The first kappa shape index (κ1) is 27.4. The zero-order valence-corrected chi connectivity index (χ0v) is 18.7. The van der Waals surface area contributed by atoms with E-state index >= 15 is 0 Å². The predicted molar refractivity (Wildman–Crippen MR) is 115 cm³/mol. The van der Waals surface area contributed by atoms with Crippen molar-refractivity contribution in [3.05, 3.63) is 0 Å². The summed E-state index contributed by atoms with van der Waals surface area (Å²) in [6.07, 6.45) is 17.6. The summed E-state index contributed by atoms with van der Waals surface area (Å²) in [6.45, 7) is 5.25. The van der Waals surface area contributed by atoms with Crippen molar-refractivity contribution in [3.63, 3.8) is 0 Å². The Morgan fingerprint density at radius 2 is 1.00 bits per heavy atom. The molecule has 5 heteroatoms. The van der Waals surface area contributed by atoms with Gasteiger partial charge in [0.1, 0.15) is 6.61 Å². The molecular formula is C23H46O5. The summed E-state index contributed by atoms with van der Waals surface area (Å²) >= 11 is 0. The first-order chi connectivity index (χ1) is 13.8. The molecule has 0 atom stereocenters. The van der Waals surface area contributed by atoms with Crippen LogP contribution < -0.4 is 0 Å². The minimum Gasteiger partial charge on any atom is -0.463 e. The van der Waals surface area contributed by atoms with Crippen LogP contribution in [0.2, 0.25) is 0 Å². The van der Waals surface area contributed by atoms with Gasteiger partial charge in [-0.2, -0.15) is 0 Å². The number of unbranched alkanes of at least 4 members (excludes halogenated alkanes) is 12. The predicted octanol–water partition coefficient (Wildman–Crippen LogP) is 5.69. The van der Waals surface area contributed by atoms with Crippen LogP contribution in [-0.2, 0) is 23.7 Å². The number of carbonyl (C=O) groups excluding carboxylic acids is 1. The fourth-order valence-corrected chi connectivity index (χ4v) is 3.04. The molecule has 168 valence electrons. The molecule has 0 unspecified atom stereocenters. The lowest BCUT2D eigenvalue weighted by Gasteiger charge is -2.07. The Hall–Kier alpha value is -0.650. The summed E-state index contributed by atoms with van der Waals surface area (Å²) < 4.78 is 20.7.